The summed E-state index contributed by atoms with van der Waals surface area (Å²) >= 11 is 8.47. The Bertz CT molecular complexity index is 2470. The second-order valence-corrected chi connectivity index (χ2v) is 17.3. The minimum Gasteiger partial charge on any atom is -0.378 e. The SMILES string of the molecule is CCc1nc2c(-c3cc4sc(C#CCC(C)C)cc4s3)c3nsnc3c(-c3cc4sc(-c5ccc(N(C)C)cc5)cc4s3)c2nc1CC. The standard InChI is InChI=1S/C38H33N5S5/c1-7-24-25(8-2)40-36-34(32-19-30-29(47-32)17-26(45-30)21-12-14-22(15-13-21)43(5)6)38-37(41-48-42-38)33(35(36)39-24)31-18-28-27(46-31)16-23(44-28)11-9-10-20(3)4/h12-20H,7-8,10H2,1-6H3. The first-order valence-corrected chi connectivity index (χ1v) is 20.1. The lowest BCUT2D eigenvalue weighted by molar-refractivity contribution is 0.676. The van der Waals surface area contributed by atoms with Crippen LogP contribution in [0.15, 0.2) is 48.5 Å². The predicted octanol–water partition coefficient (Wildman–Crippen LogP) is 11.8. The summed E-state index contributed by atoms with van der Waals surface area (Å²) in [5.74, 6) is 7.30. The van der Waals surface area contributed by atoms with E-state index in [0.29, 0.717) is 5.92 Å². The number of fused-ring (bicyclic) bond motifs is 4. The van der Waals surface area contributed by atoms with Crippen LogP contribution >= 0.6 is 57.1 Å². The molecule has 0 unspecified atom stereocenters. The number of benzene rings is 2. The molecule has 0 aliphatic heterocycles. The van der Waals surface area contributed by atoms with Crippen LogP contribution in [-0.2, 0) is 12.8 Å². The van der Waals surface area contributed by atoms with Crippen LogP contribution in [0.1, 0.15) is 50.4 Å². The van der Waals surface area contributed by atoms with E-state index in [9.17, 15) is 0 Å². The van der Waals surface area contributed by atoms with Gasteiger partial charge in [0, 0.05) is 70.8 Å². The fraction of sp³-hybridized carbons (Fsp3) is 0.263. The second-order valence-electron chi connectivity index (χ2n) is 12.5. The average Bonchev–Trinajstić information content (AvgIpc) is 3.90. The molecule has 0 N–H and O–H groups in total. The predicted molar refractivity (Wildman–Crippen MR) is 213 cm³/mol. The molecule has 10 heteroatoms. The van der Waals surface area contributed by atoms with Crippen LogP contribution in [0, 0.1) is 17.8 Å². The minimum absolute atomic E-state index is 0.576. The highest BCUT2D eigenvalue weighted by molar-refractivity contribution is 7.31. The Hall–Kier alpha value is -3.72. The first kappa shape index (κ1) is 31.5. The van der Waals surface area contributed by atoms with Crippen molar-refractivity contribution in [1.82, 2.24) is 18.7 Å². The van der Waals surface area contributed by atoms with Gasteiger partial charge in [-0.3, -0.25) is 0 Å². The summed E-state index contributed by atoms with van der Waals surface area (Å²) in [5, 5.41) is 0. The van der Waals surface area contributed by atoms with Crippen molar-refractivity contribution >= 4 is 104 Å². The number of rotatable bonds is 7. The molecule has 240 valence electrons. The van der Waals surface area contributed by atoms with Crippen LogP contribution in [-0.4, -0.2) is 32.8 Å². The maximum atomic E-state index is 5.37. The Morgan fingerprint density at radius 3 is 1.71 bits per heavy atom. The first-order chi connectivity index (χ1) is 23.3. The fourth-order valence-corrected chi connectivity index (χ4v) is 11.3. The lowest BCUT2D eigenvalue weighted by Gasteiger charge is -2.13. The number of aromatic nitrogens is 4. The third-order valence-corrected chi connectivity index (χ3v) is 13.6. The van der Waals surface area contributed by atoms with Crippen molar-refractivity contribution in [3.05, 3.63) is 64.8 Å². The lowest BCUT2D eigenvalue weighted by atomic mass is 10.0. The van der Waals surface area contributed by atoms with Crippen LogP contribution in [0.2, 0.25) is 0 Å². The Balaban J connectivity index is 1.29. The van der Waals surface area contributed by atoms with Gasteiger partial charge in [0.05, 0.1) is 28.0 Å². The van der Waals surface area contributed by atoms with Gasteiger partial charge in [-0.25, -0.2) is 9.97 Å². The third-order valence-electron chi connectivity index (χ3n) is 8.45. The van der Waals surface area contributed by atoms with Gasteiger partial charge in [0.15, 0.2) is 0 Å². The van der Waals surface area contributed by atoms with Gasteiger partial charge in [0.2, 0.25) is 0 Å². The van der Waals surface area contributed by atoms with Crippen LogP contribution in [0.3, 0.4) is 0 Å². The molecular formula is C38H33N5S5. The first-order valence-electron chi connectivity index (χ1n) is 16.1. The van der Waals surface area contributed by atoms with Crippen LogP contribution < -0.4 is 4.90 Å². The quantitative estimate of drug-likeness (QED) is 0.154. The summed E-state index contributed by atoms with van der Waals surface area (Å²) in [7, 11) is 4.15. The molecule has 6 heterocycles. The van der Waals surface area contributed by atoms with E-state index in [0.717, 1.165) is 78.5 Å². The summed E-state index contributed by atoms with van der Waals surface area (Å²) in [4.78, 5) is 17.6. The highest BCUT2D eigenvalue weighted by atomic mass is 32.1. The van der Waals surface area contributed by atoms with E-state index in [1.807, 2.05) is 22.7 Å². The highest BCUT2D eigenvalue weighted by Crippen LogP contribution is 2.49. The summed E-state index contributed by atoms with van der Waals surface area (Å²) in [6, 6.07) is 18.0. The van der Waals surface area contributed by atoms with E-state index >= 15 is 0 Å². The Kier molecular flexibility index (Phi) is 8.30. The highest BCUT2D eigenvalue weighted by Gasteiger charge is 2.26. The van der Waals surface area contributed by atoms with Gasteiger partial charge < -0.3 is 4.90 Å². The van der Waals surface area contributed by atoms with Crippen molar-refractivity contribution in [2.75, 3.05) is 19.0 Å². The number of anilines is 1. The van der Waals surface area contributed by atoms with E-state index in [4.69, 9.17) is 18.7 Å². The maximum absolute atomic E-state index is 5.37. The summed E-state index contributed by atoms with van der Waals surface area (Å²) < 4.78 is 14.9. The van der Waals surface area contributed by atoms with Gasteiger partial charge in [-0.2, -0.15) is 8.75 Å². The molecule has 8 rings (SSSR count). The molecule has 0 spiro atoms. The van der Waals surface area contributed by atoms with Crippen molar-refractivity contribution in [3.63, 3.8) is 0 Å². The largest absolute Gasteiger partial charge is 0.378 e. The van der Waals surface area contributed by atoms with E-state index in [1.54, 1.807) is 22.7 Å². The molecule has 6 aromatic heterocycles. The molecule has 0 bridgehead atoms. The van der Waals surface area contributed by atoms with Crippen molar-refractivity contribution in [1.29, 1.82) is 0 Å². The lowest BCUT2D eigenvalue weighted by Crippen LogP contribution is -2.07. The number of aryl methyl sites for hydroxylation is 2. The van der Waals surface area contributed by atoms with Crippen molar-refractivity contribution in [2.24, 2.45) is 5.92 Å². The molecule has 8 aromatic rings. The molecule has 2 aromatic carbocycles. The van der Waals surface area contributed by atoms with Crippen molar-refractivity contribution in [3.8, 4) is 43.2 Å². The number of hydrogen-bond donors (Lipinski definition) is 0. The molecule has 0 atom stereocenters. The van der Waals surface area contributed by atoms with Gasteiger partial charge in [-0.1, -0.05) is 51.7 Å². The number of thiophene rings is 4. The van der Waals surface area contributed by atoms with Gasteiger partial charge >= 0.3 is 0 Å². The smallest absolute Gasteiger partial charge is 0.116 e. The van der Waals surface area contributed by atoms with Crippen LogP contribution in [0.4, 0.5) is 5.69 Å². The molecule has 0 aliphatic rings. The summed E-state index contributed by atoms with van der Waals surface area (Å²) in [6.07, 6.45) is 2.58. The van der Waals surface area contributed by atoms with Crippen LogP contribution in [0.25, 0.3) is 72.2 Å². The zero-order valence-electron chi connectivity index (χ0n) is 27.6. The van der Waals surface area contributed by atoms with Crippen LogP contribution in [0.5, 0.6) is 0 Å². The summed E-state index contributed by atoms with van der Waals surface area (Å²) in [6.45, 7) is 8.75. The van der Waals surface area contributed by atoms with E-state index in [1.165, 1.54) is 46.7 Å². The molecular weight excluding hydrogens is 687 g/mol. The maximum Gasteiger partial charge on any atom is 0.116 e. The third kappa shape index (κ3) is 5.52. The molecule has 0 radical (unpaired) electrons. The molecule has 0 saturated heterocycles. The van der Waals surface area contributed by atoms with Gasteiger partial charge in [-0.05, 0) is 60.7 Å². The van der Waals surface area contributed by atoms with Crippen molar-refractivity contribution in [2.45, 2.75) is 47.0 Å². The number of hydrogen-bond acceptors (Lipinski definition) is 10. The minimum atomic E-state index is 0.576. The van der Waals surface area contributed by atoms with Crippen molar-refractivity contribution < 1.29 is 0 Å². The molecule has 48 heavy (non-hydrogen) atoms. The van der Waals surface area contributed by atoms with Gasteiger partial charge in [0.25, 0.3) is 0 Å². The second kappa shape index (κ2) is 12.6. The zero-order valence-corrected chi connectivity index (χ0v) is 31.7. The molecule has 0 amide bonds. The Morgan fingerprint density at radius 2 is 1.19 bits per heavy atom. The van der Waals surface area contributed by atoms with Gasteiger partial charge in [0.1, 0.15) is 22.1 Å². The topological polar surface area (TPSA) is 54.8 Å². The molecule has 0 fully saturated rings. The summed E-state index contributed by atoms with van der Waals surface area (Å²) in [5.41, 5.74) is 10.3. The fourth-order valence-electron chi connectivity index (χ4n) is 6.02. The number of nitrogens with zero attached hydrogens (tertiary/aromatic N) is 5. The Labute approximate surface area is 300 Å². The van der Waals surface area contributed by atoms with E-state index in [2.05, 4.69) is 107 Å². The van der Waals surface area contributed by atoms with Gasteiger partial charge in [-0.15, -0.1) is 45.3 Å². The monoisotopic (exact) mass is 719 g/mol. The Morgan fingerprint density at radius 1 is 0.667 bits per heavy atom. The normalized spacial score (nSPS) is 11.8. The average molecular weight is 720 g/mol. The van der Waals surface area contributed by atoms with E-state index < -0.39 is 0 Å². The van der Waals surface area contributed by atoms with E-state index in [-0.39, 0.29) is 0 Å². The molecule has 0 aliphatic carbocycles. The molecule has 5 nitrogen and oxygen atoms in total. The zero-order chi connectivity index (χ0) is 33.1. The molecule has 0 saturated carbocycles.